The van der Waals surface area contributed by atoms with Crippen LogP contribution in [0.5, 0.6) is 5.75 Å². The zero-order valence-corrected chi connectivity index (χ0v) is 18.3. The topological polar surface area (TPSA) is 148 Å². The lowest BCUT2D eigenvalue weighted by Crippen LogP contribution is -2.78. The van der Waals surface area contributed by atoms with Crippen molar-refractivity contribution < 1.29 is 27.5 Å². The van der Waals surface area contributed by atoms with E-state index in [4.69, 9.17) is 23.4 Å². The molecule has 1 rings (SSSR count). The number of carbonyl (C=O) groups is 1. The number of ether oxygens (including phenoxy) is 1. The fraction of sp³-hybridized carbons (Fsp3) is 0.474. The van der Waals surface area contributed by atoms with Crippen molar-refractivity contribution in [1.82, 2.24) is 10.6 Å². The van der Waals surface area contributed by atoms with Crippen LogP contribution >= 0.6 is 0 Å². The Morgan fingerprint density at radius 3 is 2.17 bits per heavy atom. The average Bonchev–Trinajstić information content (AvgIpc) is 2.62. The number of allylic oxidation sites excluding steroid dienone is 1. The predicted octanol–water partition coefficient (Wildman–Crippen LogP) is -0.682. The maximum absolute atomic E-state index is 12.0. The maximum Gasteiger partial charge on any atom is 0.341 e. The van der Waals surface area contributed by atoms with Crippen molar-refractivity contribution >= 4 is 22.0 Å². The summed E-state index contributed by atoms with van der Waals surface area (Å²) in [6, 6.07) is 7.06. The van der Waals surface area contributed by atoms with Crippen LogP contribution in [0.4, 0.5) is 0 Å². The number of methoxy groups -OCH3 is 1. The Labute approximate surface area is 173 Å². The highest BCUT2D eigenvalue weighted by Crippen LogP contribution is 2.10. The van der Waals surface area contributed by atoms with Crippen molar-refractivity contribution in [1.29, 1.82) is 0 Å². The molecule has 0 aliphatic rings. The lowest BCUT2D eigenvalue weighted by molar-refractivity contribution is -0.448. The van der Waals surface area contributed by atoms with Crippen LogP contribution in [0, 0.1) is 0 Å². The van der Waals surface area contributed by atoms with Gasteiger partial charge in [0.15, 0.2) is 0 Å². The number of nitrogens with two attached hydrogens (primary N) is 1. The lowest BCUT2D eigenvalue weighted by atomic mass is 10.2. The Morgan fingerprint density at radius 1 is 1.17 bits per heavy atom. The van der Waals surface area contributed by atoms with Gasteiger partial charge in [-0.2, -0.15) is 0 Å². The second kappa shape index (κ2) is 14.4. The monoisotopic (exact) mass is 428 g/mol. The molecule has 0 heterocycles. The molecule has 1 aromatic rings. The first-order chi connectivity index (χ1) is 13.5. The summed E-state index contributed by atoms with van der Waals surface area (Å²) in [6.07, 6.45) is 4.49. The molecule has 0 radical (unpaired) electrons. The van der Waals surface area contributed by atoms with E-state index in [0.717, 1.165) is 31.7 Å². The van der Waals surface area contributed by atoms with Crippen molar-refractivity contribution in [3.8, 4) is 5.75 Å². The van der Waals surface area contributed by atoms with E-state index in [0.29, 0.717) is 24.3 Å². The second-order valence-corrected chi connectivity index (χ2v) is 7.81. The molecular weight excluding hydrogens is 396 g/mol. The van der Waals surface area contributed by atoms with Crippen LogP contribution in [0.25, 0.3) is 0 Å². The van der Waals surface area contributed by atoms with E-state index >= 15 is 0 Å². The van der Waals surface area contributed by atoms with Crippen LogP contribution in [-0.4, -0.2) is 57.8 Å². The van der Waals surface area contributed by atoms with Crippen molar-refractivity contribution in [3.05, 3.63) is 41.5 Å². The molecular formula is C19H32N4O5S. The first kappa shape index (κ1) is 26.4. The zero-order chi connectivity index (χ0) is 22.3. The molecule has 29 heavy (non-hydrogen) atoms. The van der Waals surface area contributed by atoms with Gasteiger partial charge in [0.05, 0.1) is 30.3 Å². The predicted molar refractivity (Wildman–Crippen MR) is 113 cm³/mol. The highest BCUT2D eigenvalue weighted by molar-refractivity contribution is 7.84. The van der Waals surface area contributed by atoms with Crippen molar-refractivity contribution in [2.75, 3.05) is 33.0 Å². The van der Waals surface area contributed by atoms with Crippen LogP contribution in [0.2, 0.25) is 0 Å². The number of amides is 1. The van der Waals surface area contributed by atoms with Crippen LogP contribution in [0.1, 0.15) is 37.0 Å². The maximum atomic E-state index is 12.0. The van der Waals surface area contributed by atoms with E-state index in [1.807, 2.05) is 13.8 Å². The Bertz CT molecular complexity index is 762. The van der Waals surface area contributed by atoms with Gasteiger partial charge in [-0.15, -0.1) is 0 Å². The molecule has 1 amide bonds. The first-order valence-corrected chi connectivity index (χ1v) is 10.9. The Balaban J connectivity index is 0.00000139. The van der Waals surface area contributed by atoms with Crippen molar-refractivity contribution in [2.24, 2.45) is 5.73 Å². The number of rotatable bonds is 9. The van der Waals surface area contributed by atoms with Crippen molar-refractivity contribution in [2.45, 2.75) is 26.7 Å². The number of carbonyl (C=O) groups excluding carboxylic acids is 1. The van der Waals surface area contributed by atoms with E-state index in [2.05, 4.69) is 21.7 Å². The fourth-order valence-corrected chi connectivity index (χ4v) is 1.95. The third-order valence-electron chi connectivity index (χ3n) is 3.36. The van der Waals surface area contributed by atoms with E-state index in [1.54, 1.807) is 31.4 Å². The summed E-state index contributed by atoms with van der Waals surface area (Å²) in [6.45, 7) is 6.22. The van der Waals surface area contributed by atoms with Gasteiger partial charge in [0, 0.05) is 18.4 Å². The lowest BCUT2D eigenvalue weighted by Gasteiger charge is -2.06. The summed E-state index contributed by atoms with van der Waals surface area (Å²) < 4.78 is 32.3. The number of benzene rings is 1. The third-order valence-corrected chi connectivity index (χ3v) is 3.36. The molecule has 0 bridgehead atoms. The van der Waals surface area contributed by atoms with Gasteiger partial charge in [0.1, 0.15) is 5.75 Å². The normalized spacial score (nSPS) is 11.0. The Hall–Kier alpha value is -2.59. The van der Waals surface area contributed by atoms with E-state index in [-0.39, 0.29) is 5.91 Å². The summed E-state index contributed by atoms with van der Waals surface area (Å²) in [5, 5.41) is 6.02. The minimum Gasteiger partial charge on any atom is -0.748 e. The molecule has 0 saturated carbocycles. The van der Waals surface area contributed by atoms with Crippen molar-refractivity contribution in [3.63, 3.8) is 0 Å². The summed E-state index contributed by atoms with van der Waals surface area (Å²) >= 11 is 0. The second-order valence-electron chi connectivity index (χ2n) is 6.40. The van der Waals surface area contributed by atoms with Gasteiger partial charge in [-0.25, -0.2) is 8.42 Å². The quantitative estimate of drug-likeness (QED) is 0.134. The SMILES string of the molecule is COc1ccc(C(=O)NCCCCNC(N)=[NH+]CC=C(C)C)cc1.CS(=O)(=O)[O-]. The largest absolute Gasteiger partial charge is 0.748 e. The first-order valence-electron chi connectivity index (χ1n) is 9.09. The molecule has 0 saturated heterocycles. The minimum absolute atomic E-state index is 0.0694. The van der Waals surface area contributed by atoms with E-state index in [1.165, 1.54) is 5.57 Å². The van der Waals surface area contributed by atoms with Gasteiger partial charge in [0.25, 0.3) is 5.91 Å². The van der Waals surface area contributed by atoms with Crippen LogP contribution in [0.15, 0.2) is 35.9 Å². The smallest absolute Gasteiger partial charge is 0.341 e. The molecule has 9 nitrogen and oxygen atoms in total. The minimum atomic E-state index is -3.92. The number of unbranched alkanes of at least 4 members (excludes halogenated alkanes) is 1. The fourth-order valence-electron chi connectivity index (χ4n) is 1.95. The van der Waals surface area contributed by atoms with Crippen LogP contribution in [-0.2, 0) is 10.1 Å². The zero-order valence-electron chi connectivity index (χ0n) is 17.4. The number of hydrogen-bond donors (Lipinski definition) is 4. The highest BCUT2D eigenvalue weighted by Gasteiger charge is 2.04. The van der Waals surface area contributed by atoms with Gasteiger partial charge in [-0.1, -0.05) is 11.6 Å². The van der Waals surface area contributed by atoms with E-state index in [9.17, 15) is 4.79 Å². The van der Waals surface area contributed by atoms with Gasteiger partial charge < -0.3 is 14.6 Å². The third kappa shape index (κ3) is 17.3. The van der Waals surface area contributed by atoms with E-state index < -0.39 is 10.1 Å². The van der Waals surface area contributed by atoms with Gasteiger partial charge in [-0.05, 0) is 51.0 Å². The molecule has 0 spiro atoms. The molecule has 1 aromatic carbocycles. The summed E-state index contributed by atoms with van der Waals surface area (Å²) in [5.74, 6) is 1.25. The van der Waals surface area contributed by atoms with Gasteiger partial charge in [-0.3, -0.25) is 20.8 Å². The number of guanidine groups is 1. The molecule has 5 N–H and O–H groups in total. The standard InChI is InChI=1S/C18H28N4O2.CH4O3S/c1-14(2)10-13-22-18(19)21-12-5-4-11-20-17(23)15-6-8-16(24-3)9-7-15;1-5(2,3)4/h6-10H,4-5,11-13H2,1-3H3,(H,20,23)(H3,19,21,22);1H3,(H,2,3,4). The molecule has 0 aliphatic heterocycles. The number of hydrogen-bond acceptors (Lipinski definition) is 5. The highest BCUT2D eigenvalue weighted by atomic mass is 32.2. The molecule has 164 valence electrons. The molecule has 0 atom stereocenters. The van der Waals surface area contributed by atoms with Crippen LogP contribution in [0.3, 0.4) is 0 Å². The van der Waals surface area contributed by atoms with Gasteiger partial charge >= 0.3 is 5.96 Å². The molecule has 0 aromatic heterocycles. The van der Waals surface area contributed by atoms with Crippen LogP contribution < -0.4 is 26.1 Å². The molecule has 10 heteroatoms. The summed E-state index contributed by atoms with van der Waals surface area (Å²) in [7, 11) is -2.32. The molecule has 0 aliphatic carbocycles. The Kier molecular flexibility index (Phi) is 13.1. The average molecular weight is 429 g/mol. The summed E-state index contributed by atoms with van der Waals surface area (Å²) in [5.41, 5.74) is 7.69. The van der Waals surface area contributed by atoms with Gasteiger partial charge in [0.2, 0.25) is 0 Å². The number of nitrogens with one attached hydrogen (secondary N) is 3. The Morgan fingerprint density at radius 2 is 1.69 bits per heavy atom. The molecule has 0 unspecified atom stereocenters. The molecule has 0 fully saturated rings. The summed E-state index contributed by atoms with van der Waals surface area (Å²) in [4.78, 5) is 15.0.